The van der Waals surface area contributed by atoms with Crippen LogP contribution in [0.25, 0.3) is 0 Å². The first kappa shape index (κ1) is 12.0. The summed E-state index contributed by atoms with van der Waals surface area (Å²) in [6.45, 7) is 0. The second kappa shape index (κ2) is 5.21. The smallest absolute Gasteiger partial charge is 0.321 e. The van der Waals surface area contributed by atoms with E-state index in [-0.39, 0.29) is 11.3 Å². The molecule has 1 aromatic rings. The Hall–Kier alpha value is -1.51. The molecule has 1 fully saturated rings. The van der Waals surface area contributed by atoms with Crippen molar-refractivity contribution in [1.82, 2.24) is 5.32 Å². The predicted octanol–water partition coefficient (Wildman–Crippen LogP) is 1.41. The molecule has 0 radical (unpaired) electrons. The molecule has 0 bridgehead atoms. The minimum absolute atomic E-state index is 0.150. The largest absolute Gasteiger partial charge is 0.480 e. The van der Waals surface area contributed by atoms with Crippen molar-refractivity contribution in [2.75, 3.05) is 5.75 Å². The van der Waals surface area contributed by atoms with Crippen molar-refractivity contribution in [3.8, 4) is 6.07 Å². The van der Waals surface area contributed by atoms with Gasteiger partial charge in [-0.25, -0.2) is 0 Å². The van der Waals surface area contributed by atoms with Crippen LogP contribution in [0.2, 0.25) is 0 Å². The zero-order chi connectivity index (χ0) is 12.3. The molecule has 17 heavy (non-hydrogen) atoms. The first-order chi connectivity index (χ1) is 8.22. The zero-order valence-electron chi connectivity index (χ0n) is 9.04. The molecule has 0 aromatic heterocycles. The lowest BCUT2D eigenvalue weighted by Gasteiger charge is -2.17. The van der Waals surface area contributed by atoms with Crippen LogP contribution >= 0.6 is 11.8 Å². The zero-order valence-corrected chi connectivity index (χ0v) is 9.85. The molecule has 0 amide bonds. The van der Waals surface area contributed by atoms with Crippen LogP contribution in [0.5, 0.6) is 0 Å². The first-order valence-corrected chi connectivity index (χ1v) is 6.32. The van der Waals surface area contributed by atoms with Crippen LogP contribution in [-0.4, -0.2) is 28.2 Å². The van der Waals surface area contributed by atoms with Gasteiger partial charge in [0.25, 0.3) is 0 Å². The predicted molar refractivity (Wildman–Crippen MR) is 65.6 cm³/mol. The van der Waals surface area contributed by atoms with Crippen molar-refractivity contribution in [2.24, 2.45) is 0 Å². The Morgan fingerprint density at radius 2 is 2.24 bits per heavy atom. The maximum absolute atomic E-state index is 10.8. The summed E-state index contributed by atoms with van der Waals surface area (Å²) in [5.41, 5.74) is 0.922. The summed E-state index contributed by atoms with van der Waals surface area (Å²) < 4.78 is 0. The molecule has 1 aromatic carbocycles. The first-order valence-electron chi connectivity index (χ1n) is 5.27. The van der Waals surface area contributed by atoms with E-state index in [2.05, 4.69) is 11.4 Å². The topological polar surface area (TPSA) is 73.1 Å². The van der Waals surface area contributed by atoms with Crippen LogP contribution in [0, 0.1) is 11.3 Å². The van der Waals surface area contributed by atoms with Crippen LogP contribution in [0.1, 0.15) is 11.5 Å². The highest BCUT2D eigenvalue weighted by atomic mass is 32.2. The fourth-order valence-electron chi connectivity index (χ4n) is 1.81. The van der Waals surface area contributed by atoms with Gasteiger partial charge in [0.1, 0.15) is 6.04 Å². The summed E-state index contributed by atoms with van der Waals surface area (Å²) >= 11 is 1.49. The molecule has 2 N–H and O–H groups in total. The van der Waals surface area contributed by atoms with Crippen LogP contribution in [0.4, 0.5) is 0 Å². The molecule has 2 rings (SSSR count). The molecule has 1 saturated heterocycles. The molecule has 0 saturated carbocycles. The van der Waals surface area contributed by atoms with Gasteiger partial charge in [0.2, 0.25) is 0 Å². The molecule has 88 valence electrons. The van der Waals surface area contributed by atoms with E-state index >= 15 is 0 Å². The fourth-order valence-corrected chi connectivity index (χ4v) is 3.12. The van der Waals surface area contributed by atoms with E-state index < -0.39 is 12.0 Å². The average molecular weight is 248 g/mol. The number of carbonyl (C=O) groups is 1. The molecule has 1 heterocycles. The number of nitriles is 1. The van der Waals surface area contributed by atoms with Crippen LogP contribution in [0.3, 0.4) is 0 Å². The third-order valence-electron chi connectivity index (χ3n) is 2.71. The summed E-state index contributed by atoms with van der Waals surface area (Å²) in [7, 11) is 0. The Bertz CT molecular complexity index is 444. The number of rotatable bonds is 3. The minimum atomic E-state index is -0.857. The lowest BCUT2D eigenvalue weighted by atomic mass is 10.0. The summed E-state index contributed by atoms with van der Waals surface area (Å²) in [4.78, 5) is 10.8. The van der Waals surface area contributed by atoms with Gasteiger partial charge in [-0.3, -0.25) is 10.1 Å². The molecular weight excluding hydrogens is 236 g/mol. The number of hydrogen-bond acceptors (Lipinski definition) is 4. The van der Waals surface area contributed by atoms with Gasteiger partial charge >= 0.3 is 5.97 Å². The van der Waals surface area contributed by atoms with Crippen molar-refractivity contribution in [3.63, 3.8) is 0 Å². The van der Waals surface area contributed by atoms with Crippen molar-refractivity contribution in [3.05, 3.63) is 35.9 Å². The molecule has 0 unspecified atom stereocenters. The van der Waals surface area contributed by atoms with Crippen LogP contribution < -0.4 is 5.32 Å². The molecule has 3 atom stereocenters. The summed E-state index contributed by atoms with van der Waals surface area (Å²) in [5, 5.41) is 20.9. The number of carboxylic acids is 1. The van der Waals surface area contributed by atoms with Crippen LogP contribution in [0.15, 0.2) is 30.3 Å². The third kappa shape index (κ3) is 2.60. The van der Waals surface area contributed by atoms with E-state index in [1.807, 2.05) is 30.3 Å². The number of nitrogens with one attached hydrogen (secondary N) is 1. The Labute approximate surface area is 104 Å². The van der Waals surface area contributed by atoms with Crippen molar-refractivity contribution >= 4 is 17.7 Å². The monoisotopic (exact) mass is 248 g/mol. The van der Waals surface area contributed by atoms with E-state index in [4.69, 9.17) is 5.11 Å². The third-order valence-corrected chi connectivity index (χ3v) is 4.00. The van der Waals surface area contributed by atoms with Crippen LogP contribution in [-0.2, 0) is 4.79 Å². The number of aliphatic carboxylic acids is 1. The number of benzene rings is 1. The number of nitrogens with zero attached hydrogens (tertiary/aromatic N) is 1. The molecule has 0 aliphatic carbocycles. The highest BCUT2D eigenvalue weighted by molar-refractivity contribution is 8.00. The molecule has 4 nitrogen and oxygen atoms in total. The maximum atomic E-state index is 10.8. The Morgan fingerprint density at radius 1 is 1.53 bits per heavy atom. The Kier molecular flexibility index (Phi) is 3.67. The van der Waals surface area contributed by atoms with Gasteiger partial charge in [-0.05, 0) is 5.56 Å². The second-order valence-corrected chi connectivity index (χ2v) is 5.00. The van der Waals surface area contributed by atoms with Gasteiger partial charge in [0, 0.05) is 5.75 Å². The standard InChI is InChI=1S/C12H12N2O2S/c13-6-9(8-4-2-1-3-5-8)11-14-10(7-17-11)12(15)16/h1-5,9-11,14H,7H2,(H,15,16)/t9-,10+,11-/m1/s1. The molecule has 1 aliphatic heterocycles. The van der Waals surface area contributed by atoms with E-state index in [0.717, 1.165) is 5.56 Å². The fraction of sp³-hybridized carbons (Fsp3) is 0.333. The second-order valence-electron chi connectivity index (χ2n) is 3.83. The van der Waals surface area contributed by atoms with Gasteiger partial charge < -0.3 is 5.11 Å². The Balaban J connectivity index is 2.12. The van der Waals surface area contributed by atoms with Crippen molar-refractivity contribution in [2.45, 2.75) is 17.3 Å². The highest BCUT2D eigenvalue weighted by Gasteiger charge is 2.34. The van der Waals surface area contributed by atoms with Crippen molar-refractivity contribution in [1.29, 1.82) is 5.26 Å². The summed E-state index contributed by atoms with van der Waals surface area (Å²) in [5.74, 6) is -0.666. The average Bonchev–Trinajstić information content (AvgIpc) is 2.81. The molecular formula is C12H12N2O2S. The van der Waals surface area contributed by atoms with E-state index in [1.165, 1.54) is 11.8 Å². The SMILES string of the molecule is N#C[C@H](c1ccccc1)[C@@H]1N[C@H](C(=O)O)CS1. The van der Waals surface area contributed by atoms with E-state index in [9.17, 15) is 10.1 Å². The highest BCUT2D eigenvalue weighted by Crippen LogP contribution is 2.31. The summed E-state index contributed by atoms with van der Waals surface area (Å²) in [6.07, 6.45) is 0. The Morgan fingerprint density at radius 3 is 2.76 bits per heavy atom. The molecule has 0 spiro atoms. The van der Waals surface area contributed by atoms with Gasteiger partial charge in [-0.15, -0.1) is 11.8 Å². The number of hydrogen-bond donors (Lipinski definition) is 2. The molecule has 1 aliphatic rings. The number of carboxylic acid groups (broad SMARTS) is 1. The normalized spacial score (nSPS) is 25.1. The number of thioether (sulfide) groups is 1. The summed E-state index contributed by atoms with van der Waals surface area (Å²) in [6, 6.07) is 11.1. The van der Waals surface area contributed by atoms with Gasteiger partial charge in [-0.2, -0.15) is 5.26 Å². The lowest BCUT2D eigenvalue weighted by Crippen LogP contribution is -2.38. The molecule has 5 heteroatoms. The van der Waals surface area contributed by atoms with Gasteiger partial charge in [0.05, 0.1) is 17.4 Å². The van der Waals surface area contributed by atoms with Gasteiger partial charge in [-0.1, -0.05) is 30.3 Å². The lowest BCUT2D eigenvalue weighted by molar-refractivity contribution is -0.138. The van der Waals surface area contributed by atoms with E-state index in [0.29, 0.717) is 5.75 Å². The van der Waals surface area contributed by atoms with E-state index in [1.54, 1.807) is 0 Å². The maximum Gasteiger partial charge on any atom is 0.321 e. The quantitative estimate of drug-likeness (QED) is 0.846. The van der Waals surface area contributed by atoms with Crippen molar-refractivity contribution < 1.29 is 9.90 Å². The van der Waals surface area contributed by atoms with Gasteiger partial charge in [0.15, 0.2) is 0 Å². The minimum Gasteiger partial charge on any atom is -0.480 e.